The number of hydrogen-bond donors (Lipinski definition) is 1. The SMILES string of the molecule is CC(C)CNC(=O)CN(C)c1cc(Cl)nc2ncnn12. The molecule has 0 radical (unpaired) electrons. The molecular weight excluding hydrogens is 280 g/mol. The van der Waals surface area contributed by atoms with Gasteiger partial charge in [0, 0.05) is 19.7 Å². The van der Waals surface area contributed by atoms with Crippen molar-refractivity contribution in [2.24, 2.45) is 5.92 Å². The highest BCUT2D eigenvalue weighted by Gasteiger charge is 2.13. The maximum absolute atomic E-state index is 11.8. The quantitative estimate of drug-likeness (QED) is 0.833. The Morgan fingerprint density at radius 1 is 1.55 bits per heavy atom. The number of likely N-dealkylation sites (N-methyl/N-ethyl adjacent to an activating group) is 1. The van der Waals surface area contributed by atoms with Gasteiger partial charge in [0.15, 0.2) is 0 Å². The van der Waals surface area contributed by atoms with E-state index in [2.05, 4.69) is 20.4 Å². The van der Waals surface area contributed by atoms with E-state index in [1.165, 1.54) is 6.33 Å². The molecule has 0 aliphatic rings. The third kappa shape index (κ3) is 3.36. The summed E-state index contributed by atoms with van der Waals surface area (Å²) >= 11 is 5.94. The molecule has 0 aliphatic carbocycles. The van der Waals surface area contributed by atoms with E-state index < -0.39 is 0 Å². The van der Waals surface area contributed by atoms with E-state index in [1.54, 1.807) is 22.5 Å². The molecule has 0 aromatic carbocycles. The van der Waals surface area contributed by atoms with Gasteiger partial charge in [-0.1, -0.05) is 25.4 Å². The van der Waals surface area contributed by atoms with Crippen LogP contribution in [0.5, 0.6) is 0 Å². The first-order valence-corrected chi connectivity index (χ1v) is 6.69. The Labute approximate surface area is 122 Å². The molecule has 2 aromatic heterocycles. The lowest BCUT2D eigenvalue weighted by Crippen LogP contribution is -2.37. The van der Waals surface area contributed by atoms with E-state index in [0.717, 1.165) is 0 Å². The summed E-state index contributed by atoms with van der Waals surface area (Å²) in [5, 5.41) is 7.25. The fourth-order valence-corrected chi connectivity index (χ4v) is 1.88. The van der Waals surface area contributed by atoms with Crippen LogP contribution in [0.4, 0.5) is 5.82 Å². The number of rotatable bonds is 5. The summed E-state index contributed by atoms with van der Waals surface area (Å²) in [6.07, 6.45) is 1.40. The van der Waals surface area contributed by atoms with E-state index in [4.69, 9.17) is 11.6 Å². The Hall–Kier alpha value is -1.89. The minimum atomic E-state index is -0.0533. The van der Waals surface area contributed by atoms with Gasteiger partial charge >= 0.3 is 0 Å². The standard InChI is InChI=1S/C12H17ClN6O/c1-8(2)5-14-10(20)6-18(3)11-4-9(13)17-12-15-7-16-19(11)12/h4,7-8H,5-6H2,1-3H3,(H,14,20). The van der Waals surface area contributed by atoms with Crippen molar-refractivity contribution >= 4 is 29.1 Å². The molecule has 0 saturated carbocycles. The van der Waals surface area contributed by atoms with Gasteiger partial charge in [-0.25, -0.2) is 0 Å². The number of carbonyl (C=O) groups excluding carboxylic acids is 1. The van der Waals surface area contributed by atoms with Gasteiger partial charge in [-0.3, -0.25) is 4.79 Å². The maximum Gasteiger partial charge on any atom is 0.255 e. The number of aromatic nitrogens is 4. The first-order chi connectivity index (χ1) is 9.47. The van der Waals surface area contributed by atoms with Gasteiger partial charge < -0.3 is 10.2 Å². The first kappa shape index (κ1) is 14.5. The van der Waals surface area contributed by atoms with Crippen LogP contribution < -0.4 is 10.2 Å². The summed E-state index contributed by atoms with van der Waals surface area (Å²) in [5.74, 6) is 1.43. The lowest BCUT2D eigenvalue weighted by molar-refractivity contribution is -0.119. The fourth-order valence-electron chi connectivity index (χ4n) is 1.71. The van der Waals surface area contributed by atoms with Crippen molar-refractivity contribution in [3.05, 3.63) is 17.5 Å². The number of fused-ring (bicyclic) bond motifs is 1. The smallest absolute Gasteiger partial charge is 0.255 e. The molecule has 0 aliphatic heterocycles. The highest BCUT2D eigenvalue weighted by molar-refractivity contribution is 6.29. The van der Waals surface area contributed by atoms with Crippen LogP contribution in [0.2, 0.25) is 5.15 Å². The van der Waals surface area contributed by atoms with Gasteiger partial charge in [-0.15, -0.1) is 0 Å². The molecule has 7 nitrogen and oxygen atoms in total. The van der Waals surface area contributed by atoms with Crippen LogP contribution in [0.3, 0.4) is 0 Å². The Morgan fingerprint density at radius 3 is 3.00 bits per heavy atom. The summed E-state index contributed by atoms with van der Waals surface area (Å²) in [5.41, 5.74) is 0. The summed E-state index contributed by atoms with van der Waals surface area (Å²) < 4.78 is 1.54. The van der Waals surface area contributed by atoms with Gasteiger partial charge in [-0.05, 0) is 5.92 Å². The van der Waals surface area contributed by atoms with Crippen molar-refractivity contribution in [1.82, 2.24) is 24.9 Å². The molecule has 108 valence electrons. The minimum Gasteiger partial charge on any atom is -0.354 e. The number of anilines is 1. The molecule has 2 heterocycles. The Morgan fingerprint density at radius 2 is 2.30 bits per heavy atom. The second-order valence-corrected chi connectivity index (χ2v) is 5.35. The fraction of sp³-hybridized carbons (Fsp3) is 0.500. The van der Waals surface area contributed by atoms with Gasteiger partial charge in [-0.2, -0.15) is 19.6 Å². The molecule has 2 aromatic rings. The summed E-state index contributed by atoms with van der Waals surface area (Å²) in [6.45, 7) is 4.96. The molecule has 1 amide bonds. The minimum absolute atomic E-state index is 0.0533. The van der Waals surface area contributed by atoms with E-state index in [-0.39, 0.29) is 12.5 Å². The molecule has 2 rings (SSSR count). The third-order valence-corrected chi connectivity index (χ3v) is 2.87. The van der Waals surface area contributed by atoms with E-state index >= 15 is 0 Å². The highest BCUT2D eigenvalue weighted by Crippen LogP contribution is 2.17. The Kier molecular flexibility index (Phi) is 4.39. The second-order valence-electron chi connectivity index (χ2n) is 4.96. The maximum atomic E-state index is 11.8. The molecule has 0 saturated heterocycles. The number of halogens is 1. The Balaban J connectivity index is 2.13. The van der Waals surface area contributed by atoms with E-state index in [0.29, 0.717) is 29.2 Å². The molecule has 0 unspecified atom stereocenters. The van der Waals surface area contributed by atoms with E-state index in [9.17, 15) is 4.79 Å². The van der Waals surface area contributed by atoms with Gasteiger partial charge in [0.1, 0.15) is 17.3 Å². The Bertz CT molecular complexity index is 611. The number of nitrogens with one attached hydrogen (secondary N) is 1. The normalized spacial score (nSPS) is 11.1. The predicted octanol–water partition coefficient (Wildman–Crippen LogP) is 0.986. The van der Waals surface area contributed by atoms with Gasteiger partial charge in [0.2, 0.25) is 5.91 Å². The number of hydrogen-bond acceptors (Lipinski definition) is 5. The van der Waals surface area contributed by atoms with Crippen LogP contribution >= 0.6 is 11.6 Å². The van der Waals surface area contributed by atoms with Gasteiger partial charge in [0.25, 0.3) is 5.78 Å². The van der Waals surface area contributed by atoms with Crippen LogP contribution in [0, 0.1) is 5.92 Å². The van der Waals surface area contributed by atoms with Crippen molar-refractivity contribution in [3.63, 3.8) is 0 Å². The molecule has 0 atom stereocenters. The molecular formula is C12H17ClN6O. The molecule has 0 bridgehead atoms. The lowest BCUT2D eigenvalue weighted by Gasteiger charge is -2.19. The van der Waals surface area contributed by atoms with Crippen LogP contribution in [-0.4, -0.2) is 45.6 Å². The highest BCUT2D eigenvalue weighted by atomic mass is 35.5. The number of amides is 1. The van der Waals surface area contributed by atoms with Crippen molar-refractivity contribution < 1.29 is 4.79 Å². The topological polar surface area (TPSA) is 75.4 Å². The van der Waals surface area contributed by atoms with Crippen molar-refractivity contribution in [2.45, 2.75) is 13.8 Å². The molecule has 1 N–H and O–H groups in total. The number of nitrogens with zero attached hydrogens (tertiary/aromatic N) is 5. The third-order valence-electron chi connectivity index (χ3n) is 2.68. The molecule has 0 fully saturated rings. The second kappa shape index (κ2) is 6.04. The van der Waals surface area contributed by atoms with Crippen molar-refractivity contribution in [1.29, 1.82) is 0 Å². The first-order valence-electron chi connectivity index (χ1n) is 6.31. The van der Waals surface area contributed by atoms with Crippen LogP contribution in [-0.2, 0) is 4.79 Å². The van der Waals surface area contributed by atoms with E-state index in [1.807, 2.05) is 13.8 Å². The number of carbonyl (C=O) groups is 1. The lowest BCUT2D eigenvalue weighted by atomic mass is 10.2. The van der Waals surface area contributed by atoms with Crippen LogP contribution in [0.1, 0.15) is 13.8 Å². The summed E-state index contributed by atoms with van der Waals surface area (Å²) in [7, 11) is 1.79. The van der Waals surface area contributed by atoms with Crippen LogP contribution in [0.25, 0.3) is 5.78 Å². The average molecular weight is 297 g/mol. The molecule has 0 spiro atoms. The zero-order valence-electron chi connectivity index (χ0n) is 11.7. The molecule has 20 heavy (non-hydrogen) atoms. The van der Waals surface area contributed by atoms with Crippen LogP contribution in [0.15, 0.2) is 12.4 Å². The van der Waals surface area contributed by atoms with Crippen molar-refractivity contribution in [2.75, 3.05) is 25.0 Å². The zero-order valence-corrected chi connectivity index (χ0v) is 12.4. The van der Waals surface area contributed by atoms with Crippen molar-refractivity contribution in [3.8, 4) is 0 Å². The predicted molar refractivity (Wildman–Crippen MR) is 76.9 cm³/mol. The largest absolute Gasteiger partial charge is 0.354 e. The van der Waals surface area contributed by atoms with Gasteiger partial charge in [0.05, 0.1) is 6.54 Å². The summed E-state index contributed by atoms with van der Waals surface area (Å²) in [4.78, 5) is 21.6. The molecule has 8 heteroatoms. The summed E-state index contributed by atoms with van der Waals surface area (Å²) in [6, 6.07) is 1.65. The zero-order chi connectivity index (χ0) is 14.7. The average Bonchev–Trinajstić information content (AvgIpc) is 2.83. The monoisotopic (exact) mass is 296 g/mol.